The molecule has 15 nitrogen and oxygen atoms in total. The van der Waals surface area contributed by atoms with Gasteiger partial charge in [-0.05, 0) is 81.7 Å². The smallest absolute Gasteiger partial charge is 0.320 e. The van der Waals surface area contributed by atoms with Crippen molar-refractivity contribution in [3.05, 3.63) is 168 Å². The van der Waals surface area contributed by atoms with Crippen LogP contribution in [0.5, 0.6) is 0 Å². The summed E-state index contributed by atoms with van der Waals surface area (Å²) < 4.78 is 0. The number of rotatable bonds is 10. The summed E-state index contributed by atoms with van der Waals surface area (Å²) in [6.07, 6.45) is 16.1. The van der Waals surface area contributed by atoms with Gasteiger partial charge in [0.2, 0.25) is 0 Å². The Morgan fingerprint density at radius 1 is 0.600 bits per heavy atom. The number of hydrogen-bond acceptors (Lipinski definition) is 9. The molecule has 2 unspecified atom stereocenters. The molecule has 0 amide bonds. The number of nitrogens with zero attached hydrogens (tertiary/aromatic N) is 4. The number of aromatic nitrogens is 6. The molecule has 300 valence electrons. The zero-order valence-electron chi connectivity index (χ0n) is 31.9. The first-order valence-corrected chi connectivity index (χ1v) is 18.7. The molecule has 6 aromatic heterocycles. The molecule has 0 spiro atoms. The van der Waals surface area contributed by atoms with Crippen LogP contribution in [0.3, 0.4) is 0 Å². The number of carboxylic acids is 2. The molecule has 15 heteroatoms. The first-order valence-electron chi connectivity index (χ1n) is 18.7. The minimum atomic E-state index is -1.16. The number of hydrogen-bond donors (Lipinski definition) is 7. The predicted molar refractivity (Wildman–Crippen MR) is 230 cm³/mol. The number of H-pyrrole nitrogens is 3. The van der Waals surface area contributed by atoms with Crippen LogP contribution in [0.15, 0.2) is 147 Å². The van der Waals surface area contributed by atoms with E-state index in [1.54, 1.807) is 49.2 Å². The topological polar surface area (TPSA) is 256 Å². The summed E-state index contributed by atoms with van der Waals surface area (Å²) in [5, 5.41) is 31.9. The number of aromatic amines is 3. The van der Waals surface area contributed by atoms with Crippen LogP contribution in [0.4, 0.5) is 5.69 Å². The molecule has 0 bridgehead atoms. The lowest BCUT2D eigenvalue weighted by molar-refractivity contribution is -0.383. The van der Waals surface area contributed by atoms with Gasteiger partial charge in [-0.2, -0.15) is 0 Å². The number of nitro benzene ring substituents is 1. The zero-order valence-corrected chi connectivity index (χ0v) is 31.9. The maximum atomic E-state index is 11.4. The molecule has 0 aliphatic rings. The lowest BCUT2D eigenvalue weighted by atomic mass is 9.99. The van der Waals surface area contributed by atoms with Crippen LogP contribution in [0, 0.1) is 10.1 Å². The first kappa shape index (κ1) is 40.2. The van der Waals surface area contributed by atoms with E-state index in [0.29, 0.717) is 22.9 Å². The van der Waals surface area contributed by atoms with Crippen LogP contribution in [-0.4, -0.2) is 69.1 Å². The molecule has 0 radical (unpaired) electrons. The largest absolute Gasteiger partial charge is 0.480 e. The van der Waals surface area contributed by atoms with Crippen molar-refractivity contribution in [2.45, 2.75) is 24.9 Å². The second kappa shape index (κ2) is 18.1. The summed E-state index contributed by atoms with van der Waals surface area (Å²) in [6, 6.07) is 26.9. The molecule has 2 atom stereocenters. The van der Waals surface area contributed by atoms with Crippen molar-refractivity contribution in [2.24, 2.45) is 11.5 Å². The molecule has 3 aromatic carbocycles. The minimum Gasteiger partial charge on any atom is -0.480 e. The molecule has 0 fully saturated rings. The quantitative estimate of drug-likeness (QED) is 0.0526. The van der Waals surface area contributed by atoms with Gasteiger partial charge in [0, 0.05) is 96.8 Å². The van der Waals surface area contributed by atoms with E-state index in [1.807, 2.05) is 67.3 Å². The van der Waals surface area contributed by atoms with Crippen LogP contribution in [0.2, 0.25) is 0 Å². The van der Waals surface area contributed by atoms with Gasteiger partial charge in [-0.25, -0.2) is 0 Å². The Hall–Kier alpha value is -8.01. The molecular weight excluding hydrogens is 763 g/mol. The number of aliphatic carboxylic acids is 2. The van der Waals surface area contributed by atoms with Crippen molar-refractivity contribution < 1.29 is 24.7 Å². The minimum absolute atomic E-state index is 0.00400. The summed E-state index contributed by atoms with van der Waals surface area (Å²) in [5.74, 6) is -2.15. The van der Waals surface area contributed by atoms with E-state index in [0.717, 1.165) is 38.7 Å². The lowest BCUT2D eigenvalue weighted by Crippen LogP contribution is -2.32. The number of non-ortho nitro benzene ring substituents is 1. The molecule has 6 heterocycles. The van der Waals surface area contributed by atoms with Gasteiger partial charge in [-0.15, -0.1) is 0 Å². The maximum absolute atomic E-state index is 11.4. The monoisotopic (exact) mass is 801 g/mol. The number of nitrogens with two attached hydrogens (primary N) is 2. The fourth-order valence-electron chi connectivity index (χ4n) is 7.04. The van der Waals surface area contributed by atoms with Crippen molar-refractivity contribution in [1.82, 2.24) is 29.9 Å². The maximum Gasteiger partial charge on any atom is 0.320 e. The highest BCUT2D eigenvalue weighted by Gasteiger charge is 2.23. The Morgan fingerprint density at radius 2 is 1.08 bits per heavy atom. The first-order chi connectivity index (χ1) is 29.1. The number of carboxylic acid groups (broad SMARTS) is 2. The highest BCUT2D eigenvalue weighted by atomic mass is 16.6. The van der Waals surface area contributed by atoms with Gasteiger partial charge in [-0.3, -0.25) is 34.7 Å². The van der Waals surface area contributed by atoms with Crippen molar-refractivity contribution in [3.63, 3.8) is 0 Å². The number of nitrogens with one attached hydrogen (secondary N) is 3. The third kappa shape index (κ3) is 8.77. The summed E-state index contributed by atoms with van der Waals surface area (Å²) in [6.45, 7) is 0. The SMILES string of the molecule is NC(Cc1c[nH]c2c(-c3ccncc3)ccc([N+](=O)[O-])c12)C(=O)O.NC(Cc1c[nH]c2c(-c3ccncc3)cccc12)C(=O)O.c1cc(-c2ccncc2)c2[nH]ccc2c1. The molecular formula is C45H39N9O6. The van der Waals surface area contributed by atoms with Gasteiger partial charge in [0.05, 0.1) is 26.9 Å². The Morgan fingerprint density at radius 3 is 1.63 bits per heavy atom. The Balaban J connectivity index is 0.000000139. The number of para-hydroxylation sites is 2. The number of benzene rings is 3. The summed E-state index contributed by atoms with van der Waals surface area (Å²) in [7, 11) is 0. The number of fused-ring (bicyclic) bond motifs is 3. The van der Waals surface area contributed by atoms with E-state index in [1.165, 1.54) is 28.1 Å². The molecule has 9 aromatic rings. The van der Waals surface area contributed by atoms with E-state index in [4.69, 9.17) is 21.7 Å². The molecule has 9 N–H and O–H groups in total. The van der Waals surface area contributed by atoms with Crippen LogP contribution in [-0.2, 0) is 22.4 Å². The second-order valence-corrected chi connectivity index (χ2v) is 13.7. The fraction of sp³-hybridized carbons (Fsp3) is 0.0889. The summed E-state index contributed by atoms with van der Waals surface area (Å²) >= 11 is 0. The van der Waals surface area contributed by atoms with Crippen molar-refractivity contribution in [3.8, 4) is 33.4 Å². The predicted octanol–water partition coefficient (Wildman–Crippen LogP) is 7.51. The van der Waals surface area contributed by atoms with Gasteiger partial charge in [0.1, 0.15) is 12.1 Å². The molecule has 9 rings (SSSR count). The second-order valence-electron chi connectivity index (χ2n) is 13.7. The lowest BCUT2D eigenvalue weighted by Gasteiger charge is -2.07. The van der Waals surface area contributed by atoms with Gasteiger partial charge < -0.3 is 36.6 Å². The summed E-state index contributed by atoms with van der Waals surface area (Å²) in [4.78, 5) is 54.3. The summed E-state index contributed by atoms with van der Waals surface area (Å²) in [5.41, 5.74) is 21.4. The van der Waals surface area contributed by atoms with Crippen LogP contribution in [0.1, 0.15) is 11.1 Å². The van der Waals surface area contributed by atoms with E-state index in [-0.39, 0.29) is 12.1 Å². The molecule has 0 saturated heterocycles. The van der Waals surface area contributed by atoms with Gasteiger partial charge in [0.25, 0.3) is 5.69 Å². The third-order valence-electron chi connectivity index (χ3n) is 9.97. The van der Waals surface area contributed by atoms with E-state index >= 15 is 0 Å². The van der Waals surface area contributed by atoms with Gasteiger partial charge in [0.15, 0.2) is 0 Å². The van der Waals surface area contributed by atoms with Crippen LogP contribution < -0.4 is 11.5 Å². The van der Waals surface area contributed by atoms with E-state index < -0.39 is 28.9 Å². The Labute approximate surface area is 341 Å². The van der Waals surface area contributed by atoms with Crippen molar-refractivity contribution >= 4 is 50.3 Å². The molecule has 0 saturated carbocycles. The number of nitro groups is 1. The van der Waals surface area contributed by atoms with E-state index in [9.17, 15) is 19.7 Å². The highest BCUT2D eigenvalue weighted by Crippen LogP contribution is 2.36. The standard InChI is InChI=1S/C16H14N4O4.C16H15N3O2.C13H10N2/c17-12(16(21)22)7-10-8-19-15-11(9-3-5-18-6-4-9)1-2-13(14(10)15)20(23)24;17-14(16(20)21)8-11-9-19-15-12(2-1-3-13(11)15)10-4-6-18-7-5-10;1-2-11-6-9-15-13(11)12(3-1)10-4-7-14-8-5-10/h1-6,8,12,19H,7,17H2,(H,21,22);1-7,9,14,19H,8,17H2,(H,20,21);1-9,15H. The Bertz CT molecular complexity index is 2910. The Kier molecular flexibility index (Phi) is 12.1. The third-order valence-corrected chi connectivity index (χ3v) is 9.97. The van der Waals surface area contributed by atoms with Gasteiger partial charge >= 0.3 is 11.9 Å². The van der Waals surface area contributed by atoms with Crippen molar-refractivity contribution in [2.75, 3.05) is 0 Å². The fourth-order valence-corrected chi connectivity index (χ4v) is 7.04. The van der Waals surface area contributed by atoms with Crippen LogP contribution >= 0.6 is 0 Å². The number of carbonyl (C=O) groups is 2. The van der Waals surface area contributed by atoms with Gasteiger partial charge in [-0.1, -0.05) is 36.4 Å². The normalized spacial score (nSPS) is 11.9. The number of pyridine rings is 3. The van der Waals surface area contributed by atoms with E-state index in [2.05, 4.69) is 54.2 Å². The molecule has 0 aliphatic carbocycles. The highest BCUT2D eigenvalue weighted by molar-refractivity contribution is 6.02. The zero-order chi connectivity index (χ0) is 42.2. The average molecular weight is 802 g/mol. The molecule has 60 heavy (non-hydrogen) atoms. The average Bonchev–Trinajstić information content (AvgIpc) is 4.04. The van der Waals surface area contributed by atoms with Crippen molar-refractivity contribution in [1.29, 1.82) is 0 Å². The van der Waals surface area contributed by atoms with Crippen LogP contribution in [0.25, 0.3) is 66.1 Å². The molecule has 0 aliphatic heterocycles.